The number of hydrogen-bond donors (Lipinski definition) is 2. The zero-order chi connectivity index (χ0) is 17.1. The molecular weight excluding hydrogens is 302 g/mol. The molecule has 2 aromatic rings. The van der Waals surface area contributed by atoms with Crippen LogP contribution in [0.2, 0.25) is 0 Å². The van der Waals surface area contributed by atoms with Crippen LogP contribution in [-0.2, 0) is 0 Å². The van der Waals surface area contributed by atoms with Gasteiger partial charge < -0.3 is 10.3 Å². The number of hydrogen-bond acceptors (Lipinski definition) is 3. The van der Waals surface area contributed by atoms with Crippen molar-refractivity contribution >= 4 is 16.7 Å². The number of benzene rings is 1. The molecule has 2 N–H and O–H groups in total. The second-order valence-corrected chi connectivity index (χ2v) is 6.90. The minimum atomic E-state index is -0.227. The SMILES string of the molecule is CC1CCCN(C(C)CNC(=O)c2cc3ccccc3c(=O)[nH]2)C1. The van der Waals surface area contributed by atoms with E-state index in [0.717, 1.165) is 18.5 Å². The van der Waals surface area contributed by atoms with Crippen LogP contribution >= 0.6 is 0 Å². The first-order valence-corrected chi connectivity index (χ1v) is 8.69. The molecule has 0 bridgehead atoms. The van der Waals surface area contributed by atoms with Crippen molar-refractivity contribution in [1.29, 1.82) is 0 Å². The fourth-order valence-electron chi connectivity index (χ4n) is 3.42. The summed E-state index contributed by atoms with van der Waals surface area (Å²) in [5.74, 6) is 0.489. The van der Waals surface area contributed by atoms with E-state index < -0.39 is 0 Å². The molecule has 1 aromatic carbocycles. The minimum Gasteiger partial charge on any atom is -0.349 e. The van der Waals surface area contributed by atoms with Gasteiger partial charge in [0.15, 0.2) is 0 Å². The Kier molecular flexibility index (Phi) is 5.00. The van der Waals surface area contributed by atoms with E-state index in [0.29, 0.717) is 29.6 Å². The maximum absolute atomic E-state index is 12.4. The number of pyridine rings is 1. The van der Waals surface area contributed by atoms with Gasteiger partial charge in [0.05, 0.1) is 0 Å². The van der Waals surface area contributed by atoms with Gasteiger partial charge in [-0.1, -0.05) is 25.1 Å². The molecule has 24 heavy (non-hydrogen) atoms. The summed E-state index contributed by atoms with van der Waals surface area (Å²) in [7, 11) is 0. The Morgan fingerprint density at radius 2 is 2.21 bits per heavy atom. The highest BCUT2D eigenvalue weighted by Gasteiger charge is 2.21. The van der Waals surface area contributed by atoms with Gasteiger partial charge in [-0.3, -0.25) is 14.5 Å². The largest absolute Gasteiger partial charge is 0.349 e. The number of fused-ring (bicyclic) bond motifs is 1. The van der Waals surface area contributed by atoms with Crippen molar-refractivity contribution in [3.05, 3.63) is 46.4 Å². The predicted octanol–water partition coefficient (Wildman–Crippen LogP) is 2.38. The fourth-order valence-corrected chi connectivity index (χ4v) is 3.42. The molecule has 1 aliphatic rings. The van der Waals surface area contributed by atoms with E-state index in [-0.39, 0.29) is 11.5 Å². The average Bonchev–Trinajstić information content (AvgIpc) is 2.59. The average molecular weight is 327 g/mol. The third-order valence-corrected chi connectivity index (χ3v) is 4.87. The summed E-state index contributed by atoms with van der Waals surface area (Å²) in [5.41, 5.74) is 0.0917. The third kappa shape index (κ3) is 3.67. The smallest absolute Gasteiger partial charge is 0.267 e. The van der Waals surface area contributed by atoms with Gasteiger partial charge in [0, 0.05) is 24.5 Å². The lowest BCUT2D eigenvalue weighted by molar-refractivity contribution is 0.0912. The van der Waals surface area contributed by atoms with E-state index in [4.69, 9.17) is 0 Å². The zero-order valence-electron chi connectivity index (χ0n) is 14.3. The number of carbonyl (C=O) groups excluding carboxylic acids is 1. The molecule has 128 valence electrons. The second kappa shape index (κ2) is 7.18. The van der Waals surface area contributed by atoms with E-state index in [1.165, 1.54) is 12.8 Å². The lowest BCUT2D eigenvalue weighted by atomic mass is 9.99. The molecule has 1 amide bonds. The van der Waals surface area contributed by atoms with Crippen molar-refractivity contribution in [2.75, 3.05) is 19.6 Å². The normalized spacial score (nSPS) is 20.0. The Hall–Kier alpha value is -2.14. The van der Waals surface area contributed by atoms with E-state index in [2.05, 4.69) is 29.0 Å². The number of nitrogens with one attached hydrogen (secondary N) is 2. The van der Waals surface area contributed by atoms with Crippen LogP contribution in [0.4, 0.5) is 0 Å². The number of rotatable bonds is 4. The molecule has 1 aliphatic heterocycles. The maximum atomic E-state index is 12.4. The standard InChI is InChI=1S/C19H25N3O2/c1-13-6-5-9-22(12-13)14(2)11-20-19(24)17-10-15-7-3-4-8-16(15)18(23)21-17/h3-4,7-8,10,13-14H,5-6,9,11-12H2,1-2H3,(H,20,24)(H,21,23). The lowest BCUT2D eigenvalue weighted by Crippen LogP contribution is -2.46. The van der Waals surface area contributed by atoms with Gasteiger partial charge in [0.1, 0.15) is 5.69 Å². The molecular formula is C19H25N3O2. The Balaban J connectivity index is 1.66. The Labute approximate surface area is 142 Å². The van der Waals surface area contributed by atoms with Gasteiger partial charge in [0.25, 0.3) is 11.5 Å². The summed E-state index contributed by atoms with van der Waals surface area (Å²) in [5, 5.41) is 4.34. The highest BCUT2D eigenvalue weighted by Crippen LogP contribution is 2.17. The van der Waals surface area contributed by atoms with Crippen LogP contribution in [0, 0.1) is 5.92 Å². The number of nitrogens with zero attached hydrogens (tertiary/aromatic N) is 1. The predicted molar refractivity (Wildman–Crippen MR) is 96.3 cm³/mol. The molecule has 5 nitrogen and oxygen atoms in total. The first kappa shape index (κ1) is 16.7. The maximum Gasteiger partial charge on any atom is 0.267 e. The van der Waals surface area contributed by atoms with Crippen molar-refractivity contribution in [2.24, 2.45) is 5.92 Å². The molecule has 2 heterocycles. The summed E-state index contributed by atoms with van der Waals surface area (Å²) >= 11 is 0. The second-order valence-electron chi connectivity index (χ2n) is 6.90. The van der Waals surface area contributed by atoms with Crippen molar-refractivity contribution in [3.63, 3.8) is 0 Å². The van der Waals surface area contributed by atoms with Crippen LogP contribution in [0.25, 0.3) is 10.8 Å². The van der Waals surface area contributed by atoms with Gasteiger partial charge in [-0.05, 0) is 49.7 Å². The monoisotopic (exact) mass is 327 g/mol. The topological polar surface area (TPSA) is 65.2 Å². The number of amides is 1. The van der Waals surface area contributed by atoms with Crippen LogP contribution in [0.15, 0.2) is 35.1 Å². The number of carbonyl (C=O) groups is 1. The molecule has 5 heteroatoms. The lowest BCUT2D eigenvalue weighted by Gasteiger charge is -2.35. The Morgan fingerprint density at radius 1 is 1.42 bits per heavy atom. The molecule has 0 radical (unpaired) electrons. The van der Waals surface area contributed by atoms with Crippen molar-refractivity contribution in [3.8, 4) is 0 Å². The zero-order valence-corrected chi connectivity index (χ0v) is 14.3. The molecule has 1 saturated heterocycles. The highest BCUT2D eigenvalue weighted by atomic mass is 16.2. The molecule has 2 atom stereocenters. The molecule has 0 saturated carbocycles. The van der Waals surface area contributed by atoms with Gasteiger partial charge in [-0.2, -0.15) is 0 Å². The molecule has 3 rings (SSSR count). The molecule has 0 aliphatic carbocycles. The summed E-state index contributed by atoms with van der Waals surface area (Å²) in [4.78, 5) is 29.6. The quantitative estimate of drug-likeness (QED) is 0.906. The van der Waals surface area contributed by atoms with Crippen LogP contribution in [-0.4, -0.2) is 41.5 Å². The summed E-state index contributed by atoms with van der Waals surface area (Å²) in [6, 6.07) is 9.32. The van der Waals surface area contributed by atoms with E-state index >= 15 is 0 Å². The summed E-state index contributed by atoms with van der Waals surface area (Å²) in [6.45, 7) is 7.18. The van der Waals surface area contributed by atoms with Crippen molar-refractivity contribution in [1.82, 2.24) is 15.2 Å². The number of aromatic amines is 1. The van der Waals surface area contributed by atoms with Crippen LogP contribution in [0.1, 0.15) is 37.2 Å². The molecule has 1 fully saturated rings. The third-order valence-electron chi connectivity index (χ3n) is 4.87. The van der Waals surface area contributed by atoms with Crippen LogP contribution in [0.3, 0.4) is 0 Å². The van der Waals surface area contributed by atoms with Gasteiger partial charge in [-0.25, -0.2) is 0 Å². The van der Waals surface area contributed by atoms with Gasteiger partial charge in [-0.15, -0.1) is 0 Å². The van der Waals surface area contributed by atoms with E-state index in [1.807, 2.05) is 18.2 Å². The van der Waals surface area contributed by atoms with Gasteiger partial charge in [0.2, 0.25) is 0 Å². The minimum absolute atomic E-state index is 0.226. The van der Waals surface area contributed by atoms with Crippen molar-refractivity contribution in [2.45, 2.75) is 32.7 Å². The summed E-state index contributed by atoms with van der Waals surface area (Å²) in [6.07, 6.45) is 2.51. The first-order chi connectivity index (χ1) is 11.5. The number of likely N-dealkylation sites (tertiary alicyclic amines) is 1. The number of piperidine rings is 1. The Morgan fingerprint density at radius 3 is 3.00 bits per heavy atom. The molecule has 0 spiro atoms. The van der Waals surface area contributed by atoms with Gasteiger partial charge >= 0.3 is 0 Å². The molecule has 2 unspecified atom stereocenters. The number of H-pyrrole nitrogens is 1. The van der Waals surface area contributed by atoms with Crippen LogP contribution < -0.4 is 10.9 Å². The first-order valence-electron chi connectivity index (χ1n) is 8.69. The fraction of sp³-hybridized carbons (Fsp3) is 0.474. The van der Waals surface area contributed by atoms with Crippen molar-refractivity contribution < 1.29 is 4.79 Å². The highest BCUT2D eigenvalue weighted by molar-refractivity contribution is 5.96. The van der Waals surface area contributed by atoms with Crippen LogP contribution in [0.5, 0.6) is 0 Å². The Bertz CT molecular complexity index is 784. The van der Waals surface area contributed by atoms with E-state index in [9.17, 15) is 9.59 Å². The summed E-state index contributed by atoms with van der Waals surface area (Å²) < 4.78 is 0. The molecule has 1 aromatic heterocycles. The van der Waals surface area contributed by atoms with E-state index in [1.54, 1.807) is 12.1 Å². The number of aromatic nitrogens is 1.